The van der Waals surface area contributed by atoms with Crippen molar-refractivity contribution in [2.24, 2.45) is 0 Å². The van der Waals surface area contributed by atoms with Crippen molar-refractivity contribution in [3.05, 3.63) is 81.2 Å². The fourth-order valence-electron chi connectivity index (χ4n) is 2.56. The zero-order valence-corrected chi connectivity index (χ0v) is 17.0. The summed E-state index contributed by atoms with van der Waals surface area (Å²) in [5.74, 6) is 1.27. The van der Waals surface area contributed by atoms with Crippen LogP contribution in [-0.4, -0.2) is 17.6 Å². The predicted molar refractivity (Wildman–Crippen MR) is 110 cm³/mol. The summed E-state index contributed by atoms with van der Waals surface area (Å²) in [4.78, 5) is 13.5. The van der Waals surface area contributed by atoms with Crippen molar-refractivity contribution >= 4 is 40.9 Å². The van der Waals surface area contributed by atoms with Gasteiger partial charge in [0.1, 0.15) is 5.76 Å². The molecular weight excluding hydrogens is 403 g/mol. The van der Waals surface area contributed by atoms with E-state index in [-0.39, 0.29) is 5.91 Å². The van der Waals surface area contributed by atoms with Gasteiger partial charge in [-0.1, -0.05) is 52.6 Å². The molecule has 1 aromatic heterocycles. The lowest BCUT2D eigenvalue weighted by Gasteiger charge is -2.10. The molecule has 0 fully saturated rings. The van der Waals surface area contributed by atoms with Gasteiger partial charge in [0.2, 0.25) is 0 Å². The molecule has 1 N–H and O–H groups in total. The number of carbonyl (C=O) groups is 1. The van der Waals surface area contributed by atoms with Gasteiger partial charge >= 0.3 is 0 Å². The van der Waals surface area contributed by atoms with Crippen molar-refractivity contribution in [3.63, 3.8) is 0 Å². The molecule has 0 aliphatic heterocycles. The monoisotopic (exact) mass is 420 g/mol. The normalized spacial score (nSPS) is 10.8. The summed E-state index contributed by atoms with van der Waals surface area (Å²) < 4.78 is 5.23. The molecule has 0 radical (unpaired) electrons. The van der Waals surface area contributed by atoms with E-state index in [1.54, 1.807) is 17.8 Å². The summed E-state index contributed by atoms with van der Waals surface area (Å²) in [6, 6.07) is 14.9. The van der Waals surface area contributed by atoms with Gasteiger partial charge in [-0.05, 0) is 37.1 Å². The van der Waals surface area contributed by atoms with Gasteiger partial charge in [0, 0.05) is 17.5 Å². The number of nitrogens with one attached hydrogen (secondary N) is 1. The van der Waals surface area contributed by atoms with Crippen LogP contribution in [-0.2, 0) is 12.2 Å². The Morgan fingerprint density at radius 2 is 2.00 bits per heavy atom. The van der Waals surface area contributed by atoms with Crippen molar-refractivity contribution in [3.8, 4) is 0 Å². The lowest BCUT2D eigenvalue weighted by molar-refractivity contribution is 0.0951. The van der Waals surface area contributed by atoms with Gasteiger partial charge in [-0.3, -0.25) is 4.79 Å². The second kappa shape index (κ2) is 9.31. The lowest BCUT2D eigenvalue weighted by atomic mass is 10.1. The van der Waals surface area contributed by atoms with Crippen molar-refractivity contribution in [2.45, 2.75) is 24.0 Å². The maximum atomic E-state index is 12.6. The molecule has 4 nitrogen and oxygen atoms in total. The van der Waals surface area contributed by atoms with E-state index >= 15 is 0 Å². The summed E-state index contributed by atoms with van der Waals surface area (Å²) in [5, 5.41) is 7.88. The molecule has 7 heteroatoms. The topological polar surface area (TPSA) is 55.1 Å². The lowest BCUT2D eigenvalue weighted by Crippen LogP contribution is -2.26. The van der Waals surface area contributed by atoms with E-state index in [9.17, 15) is 4.79 Å². The van der Waals surface area contributed by atoms with Gasteiger partial charge in [-0.25, -0.2) is 0 Å². The molecule has 0 aliphatic rings. The number of hydrogen-bond acceptors (Lipinski definition) is 4. The summed E-state index contributed by atoms with van der Waals surface area (Å²) >= 11 is 13.8. The van der Waals surface area contributed by atoms with Crippen LogP contribution in [0.3, 0.4) is 0 Å². The van der Waals surface area contributed by atoms with Gasteiger partial charge < -0.3 is 9.84 Å². The number of carbonyl (C=O) groups excluding carboxylic acids is 1. The van der Waals surface area contributed by atoms with E-state index in [4.69, 9.17) is 27.7 Å². The average Bonchev–Trinajstić information content (AvgIpc) is 3.09. The summed E-state index contributed by atoms with van der Waals surface area (Å²) in [6.07, 6.45) is 0.609. The third kappa shape index (κ3) is 5.28. The third-order valence-corrected chi connectivity index (χ3v) is 5.84. The fraction of sp³-hybridized carbons (Fsp3) is 0.200. The highest BCUT2D eigenvalue weighted by Gasteiger charge is 2.13. The first kappa shape index (κ1) is 19.8. The smallest absolute Gasteiger partial charge is 0.252 e. The molecule has 1 amide bonds. The van der Waals surface area contributed by atoms with Crippen molar-refractivity contribution in [1.29, 1.82) is 0 Å². The van der Waals surface area contributed by atoms with Crippen LogP contribution in [0.1, 0.15) is 27.4 Å². The minimum atomic E-state index is -0.120. The van der Waals surface area contributed by atoms with Crippen LogP contribution < -0.4 is 5.32 Å². The molecule has 0 unspecified atom stereocenters. The molecule has 27 heavy (non-hydrogen) atoms. The van der Waals surface area contributed by atoms with Crippen LogP contribution in [0.25, 0.3) is 0 Å². The van der Waals surface area contributed by atoms with Gasteiger partial charge in [0.25, 0.3) is 5.91 Å². The fourth-order valence-corrected chi connectivity index (χ4v) is 3.90. The highest BCUT2D eigenvalue weighted by molar-refractivity contribution is 7.98. The Balaban J connectivity index is 1.60. The molecule has 3 rings (SSSR count). The zero-order valence-electron chi connectivity index (χ0n) is 14.7. The third-order valence-electron chi connectivity index (χ3n) is 3.89. The molecule has 0 spiro atoms. The molecule has 3 aromatic rings. The highest BCUT2D eigenvalue weighted by atomic mass is 35.5. The van der Waals surface area contributed by atoms with E-state index in [1.165, 1.54) is 0 Å². The van der Waals surface area contributed by atoms with Crippen LogP contribution in [0, 0.1) is 6.92 Å². The number of rotatable bonds is 7. The first-order valence-electron chi connectivity index (χ1n) is 8.39. The number of aromatic nitrogens is 1. The Labute approximate surface area is 172 Å². The summed E-state index contributed by atoms with van der Waals surface area (Å²) in [7, 11) is 0. The quantitative estimate of drug-likeness (QED) is 0.508. The van der Waals surface area contributed by atoms with E-state index < -0.39 is 0 Å². The van der Waals surface area contributed by atoms with E-state index in [2.05, 4.69) is 10.5 Å². The van der Waals surface area contributed by atoms with Crippen molar-refractivity contribution in [1.82, 2.24) is 10.5 Å². The summed E-state index contributed by atoms with van der Waals surface area (Å²) in [5.41, 5.74) is 2.39. The van der Waals surface area contributed by atoms with Crippen LogP contribution in [0.2, 0.25) is 10.0 Å². The van der Waals surface area contributed by atoms with Crippen LogP contribution in [0.4, 0.5) is 0 Å². The Morgan fingerprint density at radius 1 is 1.19 bits per heavy atom. The average molecular weight is 421 g/mol. The zero-order chi connectivity index (χ0) is 19.2. The molecule has 0 bridgehead atoms. The van der Waals surface area contributed by atoms with Crippen LogP contribution in [0.15, 0.2) is 57.9 Å². The second-order valence-electron chi connectivity index (χ2n) is 5.94. The molecular formula is C20H18Cl2N2O2S. The van der Waals surface area contributed by atoms with Gasteiger partial charge in [-0.2, -0.15) is 0 Å². The Hall–Kier alpha value is -1.95. The number of aryl methyl sites for hydroxylation is 1. The maximum absolute atomic E-state index is 12.6. The van der Waals surface area contributed by atoms with E-state index in [1.807, 2.05) is 49.4 Å². The highest BCUT2D eigenvalue weighted by Crippen LogP contribution is 2.27. The SMILES string of the molecule is Cc1cc(CSc2ccccc2C(=O)NCCc2cccc(Cl)c2Cl)on1. The van der Waals surface area contributed by atoms with E-state index in [0.717, 1.165) is 21.9 Å². The number of amides is 1. The molecule has 0 aliphatic carbocycles. The van der Waals surface area contributed by atoms with Crippen LogP contribution in [0.5, 0.6) is 0 Å². The standard InChI is InChI=1S/C20H18Cl2N2O2S/c1-13-11-15(26-24-13)12-27-18-8-3-2-6-16(18)20(25)23-10-9-14-5-4-7-17(21)19(14)22/h2-8,11H,9-10,12H2,1H3,(H,23,25). The molecule has 140 valence electrons. The first-order chi connectivity index (χ1) is 13.0. The maximum Gasteiger partial charge on any atom is 0.252 e. The van der Waals surface area contributed by atoms with Gasteiger partial charge in [0.15, 0.2) is 0 Å². The predicted octanol–water partition coefficient (Wildman–Crippen LogP) is 5.55. The minimum Gasteiger partial charge on any atom is -0.360 e. The van der Waals surface area contributed by atoms with Gasteiger partial charge in [-0.15, -0.1) is 11.8 Å². The minimum absolute atomic E-state index is 0.120. The molecule has 0 atom stereocenters. The largest absolute Gasteiger partial charge is 0.360 e. The Kier molecular flexibility index (Phi) is 6.83. The number of nitrogens with zero attached hydrogens (tertiary/aromatic N) is 1. The number of thioether (sulfide) groups is 1. The Morgan fingerprint density at radius 3 is 2.78 bits per heavy atom. The molecule has 0 saturated carbocycles. The number of hydrogen-bond donors (Lipinski definition) is 1. The van der Waals surface area contributed by atoms with Crippen LogP contribution >= 0.6 is 35.0 Å². The van der Waals surface area contributed by atoms with E-state index in [0.29, 0.717) is 34.3 Å². The van der Waals surface area contributed by atoms with Gasteiger partial charge in [0.05, 0.1) is 27.1 Å². The molecule has 0 saturated heterocycles. The number of benzene rings is 2. The number of halogens is 2. The van der Waals surface area contributed by atoms with Crippen molar-refractivity contribution < 1.29 is 9.32 Å². The first-order valence-corrected chi connectivity index (χ1v) is 10.1. The molecule has 1 heterocycles. The van der Waals surface area contributed by atoms with Crippen molar-refractivity contribution in [2.75, 3.05) is 6.54 Å². The molecule has 2 aromatic carbocycles. The second-order valence-corrected chi connectivity index (χ2v) is 7.74. The Bertz CT molecular complexity index is 943. The summed E-state index contributed by atoms with van der Waals surface area (Å²) in [6.45, 7) is 2.35.